The molecule has 0 amide bonds. The Balaban J connectivity index is 1.43. The third-order valence-corrected chi connectivity index (χ3v) is 5.53. The molecule has 1 heterocycles. The lowest BCUT2D eigenvalue weighted by Crippen LogP contribution is -2.51. The van der Waals surface area contributed by atoms with E-state index in [2.05, 4.69) is 11.0 Å². The van der Waals surface area contributed by atoms with Crippen molar-refractivity contribution in [1.82, 2.24) is 4.90 Å². The first-order chi connectivity index (χ1) is 14.4. The van der Waals surface area contributed by atoms with Gasteiger partial charge in [-0.2, -0.15) is 5.26 Å². The molecule has 0 saturated carbocycles. The molecule has 2 aromatic carbocycles. The highest BCUT2D eigenvalue weighted by molar-refractivity contribution is 5.88. The van der Waals surface area contributed by atoms with Crippen LogP contribution in [-0.4, -0.2) is 66.5 Å². The van der Waals surface area contributed by atoms with E-state index in [0.717, 1.165) is 31.1 Å². The summed E-state index contributed by atoms with van der Waals surface area (Å²) in [5.74, 6) is -0.198. The Bertz CT molecular complexity index is 882. The Morgan fingerprint density at radius 1 is 1.17 bits per heavy atom. The van der Waals surface area contributed by atoms with Crippen LogP contribution in [0.3, 0.4) is 0 Å². The van der Waals surface area contributed by atoms with Crippen LogP contribution in [0.4, 0.5) is 5.69 Å². The summed E-state index contributed by atoms with van der Waals surface area (Å²) in [6.45, 7) is 3.41. The van der Waals surface area contributed by atoms with Crippen LogP contribution in [0.2, 0.25) is 0 Å². The molecule has 2 N–H and O–H groups in total. The molecule has 2 aromatic rings. The Morgan fingerprint density at radius 3 is 2.37 bits per heavy atom. The molecule has 7 heteroatoms. The molecule has 0 aromatic heterocycles. The van der Waals surface area contributed by atoms with Gasteiger partial charge in [0.05, 0.1) is 22.8 Å². The van der Waals surface area contributed by atoms with Crippen molar-refractivity contribution in [1.29, 1.82) is 5.26 Å². The minimum absolute atomic E-state index is 0.252. The van der Waals surface area contributed by atoms with Crippen LogP contribution in [0.25, 0.3) is 0 Å². The highest BCUT2D eigenvalue weighted by Gasteiger charge is 2.33. The van der Waals surface area contributed by atoms with Gasteiger partial charge in [0.1, 0.15) is 12.4 Å². The molecule has 0 bridgehead atoms. The quantitative estimate of drug-likeness (QED) is 0.692. The number of ether oxygens (including phenoxy) is 1. The van der Waals surface area contributed by atoms with Crippen LogP contribution in [0.15, 0.2) is 48.5 Å². The number of hydrogen-bond donors (Lipinski definition) is 2. The second kappa shape index (κ2) is 9.61. The number of nitriles is 1. The summed E-state index contributed by atoms with van der Waals surface area (Å²) < 4.78 is 5.75. The van der Waals surface area contributed by atoms with Gasteiger partial charge >= 0.3 is 5.97 Å². The fraction of sp³-hybridized carbons (Fsp3) is 0.391. The Morgan fingerprint density at radius 2 is 1.80 bits per heavy atom. The van der Waals surface area contributed by atoms with Crippen LogP contribution in [-0.2, 0) is 0 Å². The molecule has 1 aliphatic rings. The highest BCUT2D eigenvalue weighted by Crippen LogP contribution is 2.25. The number of likely N-dealkylation sites (N-methyl/N-ethyl adjacent to an activating group) is 1. The smallest absolute Gasteiger partial charge is 0.335 e. The molecular weight excluding hydrogens is 382 g/mol. The molecule has 3 rings (SSSR count). The molecule has 0 spiro atoms. The number of aliphatic hydroxyl groups is 1. The zero-order valence-electron chi connectivity index (χ0n) is 17.1. The minimum Gasteiger partial charge on any atom is -0.492 e. The van der Waals surface area contributed by atoms with E-state index < -0.39 is 11.6 Å². The first-order valence-electron chi connectivity index (χ1n) is 10.0. The largest absolute Gasteiger partial charge is 0.492 e. The van der Waals surface area contributed by atoms with Crippen molar-refractivity contribution in [2.45, 2.75) is 18.4 Å². The summed E-state index contributed by atoms with van der Waals surface area (Å²) in [6, 6.07) is 15.8. The number of carboxylic acid groups (broad SMARTS) is 1. The van der Waals surface area contributed by atoms with E-state index in [0.29, 0.717) is 31.6 Å². The summed E-state index contributed by atoms with van der Waals surface area (Å²) in [5, 5.41) is 28.8. The third kappa shape index (κ3) is 5.72. The van der Waals surface area contributed by atoms with Crippen molar-refractivity contribution in [3.8, 4) is 11.8 Å². The maximum Gasteiger partial charge on any atom is 0.335 e. The van der Waals surface area contributed by atoms with E-state index in [1.165, 1.54) is 0 Å². The predicted molar refractivity (Wildman–Crippen MR) is 114 cm³/mol. The molecule has 1 aliphatic heterocycles. The van der Waals surface area contributed by atoms with E-state index >= 15 is 0 Å². The molecule has 1 saturated heterocycles. The maximum atomic E-state index is 11.0. The molecule has 30 heavy (non-hydrogen) atoms. The lowest BCUT2D eigenvalue weighted by atomic mass is 9.90. The van der Waals surface area contributed by atoms with Gasteiger partial charge in [-0.25, -0.2) is 4.79 Å². The average molecular weight is 409 g/mol. The molecule has 1 fully saturated rings. The summed E-state index contributed by atoms with van der Waals surface area (Å²) >= 11 is 0. The number of rotatable bonds is 8. The monoisotopic (exact) mass is 409 g/mol. The topological polar surface area (TPSA) is 97.0 Å². The van der Waals surface area contributed by atoms with Crippen molar-refractivity contribution in [3.05, 3.63) is 59.7 Å². The summed E-state index contributed by atoms with van der Waals surface area (Å²) in [4.78, 5) is 15.2. The molecule has 0 radical (unpaired) electrons. The van der Waals surface area contributed by atoms with Crippen molar-refractivity contribution >= 4 is 11.7 Å². The molecule has 0 atom stereocenters. The SMILES string of the molecule is CN(CC1(O)CCN(CCOc2ccc(C#N)cc2)CC1)c1ccc(C(=O)O)cc1. The van der Waals surface area contributed by atoms with Gasteiger partial charge in [0.15, 0.2) is 0 Å². The van der Waals surface area contributed by atoms with Gasteiger partial charge in [0.2, 0.25) is 0 Å². The first-order valence-corrected chi connectivity index (χ1v) is 10.0. The molecule has 158 valence electrons. The normalized spacial score (nSPS) is 15.9. The van der Waals surface area contributed by atoms with Crippen molar-refractivity contribution in [3.63, 3.8) is 0 Å². The van der Waals surface area contributed by atoms with Crippen LogP contribution in [0.1, 0.15) is 28.8 Å². The van der Waals surface area contributed by atoms with Crippen LogP contribution >= 0.6 is 0 Å². The van der Waals surface area contributed by atoms with Crippen molar-refractivity contribution in [2.24, 2.45) is 0 Å². The number of anilines is 1. The van der Waals surface area contributed by atoms with Gasteiger partial charge in [-0.15, -0.1) is 0 Å². The van der Waals surface area contributed by atoms with Gasteiger partial charge < -0.3 is 19.8 Å². The molecular formula is C23H27N3O4. The van der Waals surface area contributed by atoms with Crippen LogP contribution in [0, 0.1) is 11.3 Å². The Kier molecular flexibility index (Phi) is 6.93. The number of carboxylic acids is 1. The zero-order chi connectivity index (χ0) is 21.6. The van der Waals surface area contributed by atoms with Crippen LogP contribution < -0.4 is 9.64 Å². The summed E-state index contributed by atoms with van der Waals surface area (Å²) in [6.07, 6.45) is 1.34. The predicted octanol–water partition coefficient (Wildman–Crippen LogP) is 2.60. The van der Waals surface area contributed by atoms with Gasteiger partial charge in [0.25, 0.3) is 0 Å². The summed E-state index contributed by atoms with van der Waals surface area (Å²) in [7, 11) is 1.91. The number of aromatic carboxylic acids is 1. The van der Waals surface area contributed by atoms with E-state index in [9.17, 15) is 9.90 Å². The molecule has 0 unspecified atom stereocenters. The number of nitrogens with zero attached hydrogens (tertiary/aromatic N) is 3. The third-order valence-electron chi connectivity index (χ3n) is 5.53. The standard InChI is InChI=1S/C23H27N3O4/c1-25(20-6-4-19(5-7-20)22(27)28)17-23(29)10-12-26(13-11-23)14-15-30-21-8-2-18(16-24)3-9-21/h2-9,29H,10-15,17H2,1H3,(H,27,28). The van der Waals surface area contributed by atoms with Gasteiger partial charge in [-0.05, 0) is 61.4 Å². The van der Waals surface area contributed by atoms with Gasteiger partial charge in [-0.1, -0.05) is 0 Å². The van der Waals surface area contributed by atoms with Crippen molar-refractivity contribution in [2.75, 3.05) is 44.7 Å². The average Bonchev–Trinajstić information content (AvgIpc) is 2.75. The highest BCUT2D eigenvalue weighted by atomic mass is 16.5. The number of likely N-dealkylation sites (tertiary alicyclic amines) is 1. The second-order valence-electron chi connectivity index (χ2n) is 7.76. The fourth-order valence-corrected chi connectivity index (χ4v) is 3.66. The lowest BCUT2D eigenvalue weighted by molar-refractivity contribution is -0.0162. The first kappa shape index (κ1) is 21.6. The second-order valence-corrected chi connectivity index (χ2v) is 7.76. The number of benzene rings is 2. The number of piperidine rings is 1. The lowest BCUT2D eigenvalue weighted by Gasteiger charge is -2.40. The van der Waals surface area contributed by atoms with Gasteiger partial charge in [0, 0.05) is 38.9 Å². The maximum absolute atomic E-state index is 11.0. The number of hydrogen-bond acceptors (Lipinski definition) is 6. The van der Waals surface area contributed by atoms with E-state index in [4.69, 9.17) is 15.1 Å². The fourth-order valence-electron chi connectivity index (χ4n) is 3.66. The van der Waals surface area contributed by atoms with E-state index in [1.807, 2.05) is 11.9 Å². The zero-order valence-corrected chi connectivity index (χ0v) is 17.1. The Labute approximate surface area is 176 Å². The minimum atomic E-state index is -0.946. The molecule has 7 nitrogen and oxygen atoms in total. The van der Waals surface area contributed by atoms with Crippen LogP contribution in [0.5, 0.6) is 5.75 Å². The Hall–Kier alpha value is -3.08. The van der Waals surface area contributed by atoms with E-state index in [-0.39, 0.29) is 5.56 Å². The van der Waals surface area contributed by atoms with Gasteiger partial charge in [-0.3, -0.25) is 4.90 Å². The van der Waals surface area contributed by atoms with Crippen molar-refractivity contribution < 1.29 is 19.7 Å². The summed E-state index contributed by atoms with van der Waals surface area (Å²) in [5.41, 5.74) is 0.972. The number of carbonyl (C=O) groups is 1. The molecule has 0 aliphatic carbocycles. The van der Waals surface area contributed by atoms with E-state index in [1.54, 1.807) is 48.5 Å².